The third-order valence-corrected chi connectivity index (χ3v) is 6.88. The summed E-state index contributed by atoms with van der Waals surface area (Å²) in [6, 6.07) is 5.46. The monoisotopic (exact) mass is 569 g/mol. The summed E-state index contributed by atoms with van der Waals surface area (Å²) >= 11 is 0. The molecule has 2 atom stereocenters. The van der Waals surface area contributed by atoms with Gasteiger partial charge in [-0.15, -0.1) is 0 Å². The number of anilines is 1. The van der Waals surface area contributed by atoms with Crippen LogP contribution in [0.25, 0.3) is 11.1 Å². The summed E-state index contributed by atoms with van der Waals surface area (Å²) < 4.78 is 21.8. The van der Waals surface area contributed by atoms with Gasteiger partial charge in [-0.05, 0) is 60.1 Å². The number of hydrogen-bond donors (Lipinski definition) is 3. The van der Waals surface area contributed by atoms with E-state index in [0.717, 1.165) is 11.1 Å². The number of ether oxygens (including phenoxy) is 4. The topological polar surface area (TPSA) is 141 Å². The highest BCUT2D eigenvalue weighted by Crippen LogP contribution is 2.50. The van der Waals surface area contributed by atoms with Gasteiger partial charge in [0, 0.05) is 12.5 Å². The molecule has 2 unspecified atom stereocenters. The lowest BCUT2D eigenvalue weighted by Crippen LogP contribution is -2.44. The van der Waals surface area contributed by atoms with Gasteiger partial charge in [0.05, 0.1) is 46.7 Å². The van der Waals surface area contributed by atoms with Crippen molar-refractivity contribution >= 4 is 23.5 Å². The van der Waals surface area contributed by atoms with Gasteiger partial charge < -0.3 is 34.9 Å². The average Bonchev–Trinajstić information content (AvgIpc) is 3.17. The summed E-state index contributed by atoms with van der Waals surface area (Å²) in [7, 11) is 5.86. The van der Waals surface area contributed by atoms with Crippen LogP contribution in [0.5, 0.6) is 17.2 Å². The number of fused-ring (bicyclic) bond motifs is 3. The first-order chi connectivity index (χ1) is 19.5. The second kappa shape index (κ2) is 13.9. The zero-order chi connectivity index (χ0) is 30.3. The fraction of sp³-hybridized carbons (Fsp3) is 0.467. The molecule has 1 aliphatic rings. The Hall–Kier alpha value is -4.28. The van der Waals surface area contributed by atoms with Crippen molar-refractivity contribution in [3.8, 4) is 28.4 Å². The zero-order valence-corrected chi connectivity index (χ0v) is 24.6. The summed E-state index contributed by atoms with van der Waals surface area (Å²) in [5, 5.41) is 8.53. The first-order valence-electron chi connectivity index (χ1n) is 13.4. The molecule has 3 N–H and O–H groups in total. The van der Waals surface area contributed by atoms with E-state index in [0.29, 0.717) is 47.6 Å². The molecule has 11 nitrogen and oxygen atoms in total. The predicted octanol–water partition coefficient (Wildman–Crippen LogP) is 2.98. The van der Waals surface area contributed by atoms with E-state index < -0.39 is 24.0 Å². The number of aryl methyl sites for hydroxylation is 1. The molecule has 2 aromatic carbocycles. The second-order valence-electron chi connectivity index (χ2n) is 10.2. The highest BCUT2D eigenvalue weighted by Gasteiger charge is 2.29. The Morgan fingerprint density at radius 2 is 1.71 bits per heavy atom. The molecule has 222 valence electrons. The fourth-order valence-electron chi connectivity index (χ4n) is 5.10. The minimum Gasteiger partial charge on any atom is -0.493 e. The molecule has 0 aromatic heterocycles. The molecule has 0 saturated heterocycles. The molecule has 2 amide bonds. The van der Waals surface area contributed by atoms with Crippen LogP contribution in [0.4, 0.5) is 5.69 Å². The third kappa shape index (κ3) is 7.27. The molecule has 1 aliphatic carbocycles. The SMILES string of the molecule is COC(=O)C(CC(C)C)NC(=O)CNc1ccc2c(cc1=O)C(NC(C)=O)CCc1cc(OC)c(OC)c(OC)c1-2. The maximum atomic E-state index is 13.4. The molecule has 0 heterocycles. The molecule has 0 bridgehead atoms. The Balaban J connectivity index is 2.06. The molecule has 0 spiro atoms. The van der Waals surface area contributed by atoms with E-state index in [1.54, 1.807) is 19.2 Å². The number of hydrogen-bond acceptors (Lipinski definition) is 9. The van der Waals surface area contributed by atoms with E-state index in [4.69, 9.17) is 18.9 Å². The van der Waals surface area contributed by atoms with Crippen LogP contribution in [0.3, 0.4) is 0 Å². The summed E-state index contributed by atoms with van der Waals surface area (Å²) in [6.45, 7) is 5.06. The van der Waals surface area contributed by atoms with Gasteiger partial charge in [-0.3, -0.25) is 14.4 Å². The summed E-state index contributed by atoms with van der Waals surface area (Å²) in [5.74, 6) is 0.275. The largest absolute Gasteiger partial charge is 0.493 e. The van der Waals surface area contributed by atoms with Crippen LogP contribution in [0.2, 0.25) is 0 Å². The first-order valence-corrected chi connectivity index (χ1v) is 13.4. The molecule has 41 heavy (non-hydrogen) atoms. The summed E-state index contributed by atoms with van der Waals surface area (Å²) in [6.07, 6.45) is 1.52. The van der Waals surface area contributed by atoms with E-state index >= 15 is 0 Å². The first kappa shape index (κ1) is 31.3. The molecule has 0 saturated carbocycles. The molecule has 3 rings (SSSR count). The molecule has 0 radical (unpaired) electrons. The Labute approximate surface area is 239 Å². The van der Waals surface area contributed by atoms with E-state index in [2.05, 4.69) is 16.0 Å². The van der Waals surface area contributed by atoms with E-state index in [1.807, 2.05) is 19.9 Å². The van der Waals surface area contributed by atoms with Crippen molar-refractivity contribution in [2.24, 2.45) is 5.92 Å². The van der Waals surface area contributed by atoms with Crippen LogP contribution in [0.1, 0.15) is 50.8 Å². The predicted molar refractivity (Wildman–Crippen MR) is 155 cm³/mol. The van der Waals surface area contributed by atoms with E-state index in [9.17, 15) is 19.2 Å². The minimum atomic E-state index is -0.793. The highest BCUT2D eigenvalue weighted by molar-refractivity contribution is 5.87. The van der Waals surface area contributed by atoms with Crippen molar-refractivity contribution in [1.29, 1.82) is 0 Å². The maximum absolute atomic E-state index is 13.4. The highest BCUT2D eigenvalue weighted by atomic mass is 16.5. The van der Waals surface area contributed by atoms with Gasteiger partial charge in [0.1, 0.15) is 6.04 Å². The number of nitrogens with one attached hydrogen (secondary N) is 3. The fourth-order valence-corrected chi connectivity index (χ4v) is 5.10. The van der Waals surface area contributed by atoms with Crippen LogP contribution >= 0.6 is 0 Å². The quantitative estimate of drug-likeness (QED) is 0.348. The number of rotatable bonds is 11. The number of carbonyl (C=O) groups is 3. The molecule has 11 heteroatoms. The number of methoxy groups -OCH3 is 4. The summed E-state index contributed by atoms with van der Waals surface area (Å²) in [5.41, 5.74) is 2.71. The van der Waals surface area contributed by atoms with E-state index in [1.165, 1.54) is 34.3 Å². The van der Waals surface area contributed by atoms with Crippen molar-refractivity contribution in [3.63, 3.8) is 0 Å². The number of carbonyl (C=O) groups excluding carboxylic acids is 3. The summed E-state index contributed by atoms with van der Waals surface area (Å²) in [4.78, 5) is 50.3. The standard InChI is InChI=1S/C30H39N3O8/c1-16(2)12-23(30(37)41-7)33-26(36)15-31-22-11-9-19-20(14-24(22)35)21(32-17(3)34)10-8-18-13-25(38-4)28(39-5)29(40-6)27(18)19/h9,11,13-14,16,21,23H,8,10,12,15H2,1-7H3,(H,31,35)(H,32,34)(H,33,36). The zero-order valence-electron chi connectivity index (χ0n) is 24.6. The van der Waals surface area contributed by atoms with Crippen molar-refractivity contribution in [2.75, 3.05) is 40.3 Å². The second-order valence-corrected chi connectivity index (χ2v) is 10.2. The lowest BCUT2D eigenvalue weighted by molar-refractivity contribution is -0.145. The normalized spacial score (nSPS) is 14.5. The number of esters is 1. The molecule has 2 aromatic rings. The van der Waals surface area contributed by atoms with Crippen LogP contribution in [0, 0.1) is 5.92 Å². The van der Waals surface area contributed by atoms with Gasteiger partial charge in [0.15, 0.2) is 11.5 Å². The lowest BCUT2D eigenvalue weighted by atomic mass is 9.95. The Morgan fingerprint density at radius 3 is 2.29 bits per heavy atom. The van der Waals surface area contributed by atoms with Crippen molar-refractivity contribution < 1.29 is 33.3 Å². The van der Waals surface area contributed by atoms with E-state index in [-0.39, 0.29) is 29.5 Å². The van der Waals surface area contributed by atoms with Gasteiger partial charge >= 0.3 is 5.97 Å². The van der Waals surface area contributed by atoms with Crippen molar-refractivity contribution in [3.05, 3.63) is 45.6 Å². The molecular formula is C30H39N3O8. The van der Waals surface area contributed by atoms with Gasteiger partial charge in [-0.2, -0.15) is 0 Å². The van der Waals surface area contributed by atoms with Gasteiger partial charge in [0.25, 0.3) is 0 Å². The Bertz CT molecular complexity index is 1360. The molecule has 0 aliphatic heterocycles. The smallest absolute Gasteiger partial charge is 0.328 e. The van der Waals surface area contributed by atoms with Gasteiger partial charge in [-0.25, -0.2) is 4.79 Å². The van der Waals surface area contributed by atoms with Crippen LogP contribution in [0.15, 0.2) is 29.1 Å². The van der Waals surface area contributed by atoms with Gasteiger partial charge in [-0.1, -0.05) is 19.9 Å². The van der Waals surface area contributed by atoms with Crippen LogP contribution in [-0.2, 0) is 25.5 Å². The molecule has 0 fully saturated rings. The van der Waals surface area contributed by atoms with Crippen molar-refractivity contribution in [2.45, 2.75) is 52.1 Å². The number of benzene rings is 1. The van der Waals surface area contributed by atoms with Gasteiger partial charge in [0.2, 0.25) is 23.0 Å². The van der Waals surface area contributed by atoms with Crippen LogP contribution in [-0.4, -0.2) is 58.8 Å². The molecular weight excluding hydrogens is 530 g/mol. The minimum absolute atomic E-state index is 0.152. The van der Waals surface area contributed by atoms with Crippen molar-refractivity contribution in [1.82, 2.24) is 10.6 Å². The Kier molecular flexibility index (Phi) is 10.6. The lowest BCUT2D eigenvalue weighted by Gasteiger charge is -2.19. The Morgan fingerprint density at radius 1 is 1.00 bits per heavy atom. The third-order valence-electron chi connectivity index (χ3n) is 6.88. The number of amides is 2. The van der Waals surface area contributed by atoms with Crippen LogP contribution < -0.4 is 35.6 Å². The average molecular weight is 570 g/mol. The maximum Gasteiger partial charge on any atom is 0.328 e.